The lowest BCUT2D eigenvalue weighted by molar-refractivity contribution is 0.461. The van der Waals surface area contributed by atoms with Crippen LogP contribution >= 0.6 is 11.3 Å². The molecule has 1 unspecified atom stereocenters. The molecule has 0 aliphatic carbocycles. The standard InChI is InChI=1S/C18H24N4O2S2/c1-2-14-5-7-16(8-6-14)21-18(19)20-12-15-9-10-22(13-15)26(23,24)17-4-3-11-25-17/h3-8,11,15H,2,9-10,12-13H2,1H3,(H3,19,20,21). The zero-order valence-corrected chi connectivity index (χ0v) is 16.4. The quantitative estimate of drug-likeness (QED) is 0.584. The molecule has 1 aromatic heterocycles. The van der Waals surface area contributed by atoms with Crippen LogP contribution in [0.2, 0.25) is 0 Å². The van der Waals surface area contributed by atoms with Gasteiger partial charge >= 0.3 is 0 Å². The maximum atomic E-state index is 12.5. The van der Waals surface area contributed by atoms with E-state index >= 15 is 0 Å². The van der Waals surface area contributed by atoms with E-state index in [1.165, 1.54) is 16.9 Å². The maximum Gasteiger partial charge on any atom is 0.252 e. The number of thiophene rings is 1. The Bertz CT molecular complexity index is 846. The highest BCUT2D eigenvalue weighted by Crippen LogP contribution is 2.27. The van der Waals surface area contributed by atoms with E-state index in [2.05, 4.69) is 29.4 Å². The number of hydrogen-bond acceptors (Lipinski definition) is 4. The van der Waals surface area contributed by atoms with Crippen LogP contribution in [-0.2, 0) is 16.4 Å². The first-order chi connectivity index (χ1) is 12.5. The van der Waals surface area contributed by atoms with E-state index in [4.69, 9.17) is 5.73 Å². The molecule has 0 radical (unpaired) electrons. The lowest BCUT2D eigenvalue weighted by Gasteiger charge is -2.15. The summed E-state index contributed by atoms with van der Waals surface area (Å²) in [6.07, 6.45) is 1.79. The van der Waals surface area contributed by atoms with Crippen molar-refractivity contribution in [3.05, 3.63) is 47.3 Å². The highest BCUT2D eigenvalue weighted by atomic mass is 32.2. The molecule has 6 nitrogen and oxygen atoms in total. The minimum absolute atomic E-state index is 0.188. The molecule has 0 bridgehead atoms. The van der Waals surface area contributed by atoms with Crippen LogP contribution in [0, 0.1) is 5.92 Å². The molecule has 1 aliphatic heterocycles. The highest BCUT2D eigenvalue weighted by Gasteiger charge is 2.32. The number of rotatable bonds is 6. The van der Waals surface area contributed by atoms with E-state index in [1.54, 1.807) is 21.8 Å². The van der Waals surface area contributed by atoms with Gasteiger partial charge in [0, 0.05) is 25.3 Å². The third-order valence-corrected chi connectivity index (χ3v) is 7.73. The molecule has 2 aromatic rings. The predicted octanol–water partition coefficient (Wildman–Crippen LogP) is 2.75. The second-order valence-corrected chi connectivity index (χ2v) is 9.46. The molecule has 0 spiro atoms. The topological polar surface area (TPSA) is 87.8 Å². The van der Waals surface area contributed by atoms with E-state index in [1.807, 2.05) is 12.1 Å². The van der Waals surface area contributed by atoms with Crippen molar-refractivity contribution in [1.29, 1.82) is 0 Å². The molecule has 8 heteroatoms. The smallest absolute Gasteiger partial charge is 0.252 e. The Balaban J connectivity index is 1.54. The van der Waals surface area contributed by atoms with Crippen LogP contribution in [0.15, 0.2) is 51.0 Å². The average molecular weight is 393 g/mol. The SMILES string of the molecule is CCc1ccc(NC(N)=NCC2CCN(S(=O)(=O)c3cccs3)C2)cc1. The normalized spacial score (nSPS) is 19.0. The van der Waals surface area contributed by atoms with Crippen molar-refractivity contribution in [2.45, 2.75) is 24.0 Å². The average Bonchev–Trinajstić information content (AvgIpc) is 3.33. The van der Waals surface area contributed by atoms with Crippen molar-refractivity contribution in [1.82, 2.24) is 4.31 Å². The van der Waals surface area contributed by atoms with Crippen LogP contribution < -0.4 is 11.1 Å². The molecule has 1 aromatic carbocycles. The van der Waals surface area contributed by atoms with Gasteiger partial charge in [-0.2, -0.15) is 4.31 Å². The fourth-order valence-electron chi connectivity index (χ4n) is 2.94. The maximum absolute atomic E-state index is 12.5. The molecule has 3 rings (SSSR count). The Morgan fingerprint density at radius 1 is 1.35 bits per heavy atom. The van der Waals surface area contributed by atoms with Gasteiger partial charge in [0.15, 0.2) is 5.96 Å². The van der Waals surface area contributed by atoms with Gasteiger partial charge in [0.25, 0.3) is 10.0 Å². The number of aryl methyl sites for hydroxylation is 1. The summed E-state index contributed by atoms with van der Waals surface area (Å²) in [5.74, 6) is 0.543. The number of anilines is 1. The summed E-state index contributed by atoms with van der Waals surface area (Å²) in [6.45, 7) is 3.65. The highest BCUT2D eigenvalue weighted by molar-refractivity contribution is 7.91. The van der Waals surface area contributed by atoms with Crippen molar-refractivity contribution in [2.75, 3.05) is 25.0 Å². The number of guanidine groups is 1. The monoisotopic (exact) mass is 392 g/mol. The summed E-state index contributed by atoms with van der Waals surface area (Å²) < 4.78 is 27.0. The first-order valence-corrected chi connectivity index (χ1v) is 11.0. The third kappa shape index (κ3) is 4.44. The molecule has 140 valence electrons. The fraction of sp³-hybridized carbons (Fsp3) is 0.389. The number of nitrogens with two attached hydrogens (primary N) is 1. The minimum Gasteiger partial charge on any atom is -0.370 e. The van der Waals surface area contributed by atoms with Crippen molar-refractivity contribution in [3.8, 4) is 0 Å². The lowest BCUT2D eigenvalue weighted by atomic mass is 10.1. The van der Waals surface area contributed by atoms with E-state index in [0.29, 0.717) is 29.8 Å². The molecule has 1 atom stereocenters. The van der Waals surface area contributed by atoms with Gasteiger partial charge in [0.05, 0.1) is 0 Å². The molecule has 26 heavy (non-hydrogen) atoms. The second-order valence-electron chi connectivity index (χ2n) is 6.35. The molecule has 1 saturated heterocycles. The molecule has 0 amide bonds. The molecule has 0 saturated carbocycles. The first kappa shape index (κ1) is 18.9. The van der Waals surface area contributed by atoms with Crippen LogP contribution in [0.1, 0.15) is 18.9 Å². The molecule has 3 N–H and O–H groups in total. The van der Waals surface area contributed by atoms with E-state index < -0.39 is 10.0 Å². The van der Waals surface area contributed by atoms with Gasteiger partial charge in [0.2, 0.25) is 0 Å². The van der Waals surface area contributed by atoms with E-state index in [0.717, 1.165) is 18.5 Å². The van der Waals surface area contributed by atoms with Crippen molar-refractivity contribution >= 4 is 33.0 Å². The molecular weight excluding hydrogens is 368 g/mol. The summed E-state index contributed by atoms with van der Waals surface area (Å²) in [5.41, 5.74) is 8.13. The lowest BCUT2D eigenvalue weighted by Crippen LogP contribution is -2.29. The number of hydrogen-bond donors (Lipinski definition) is 2. The Kier molecular flexibility index (Phi) is 5.95. The molecule has 1 aliphatic rings. The Hall–Kier alpha value is -1.90. The zero-order chi connectivity index (χ0) is 18.6. The number of benzene rings is 1. The Morgan fingerprint density at radius 3 is 2.77 bits per heavy atom. The fourth-order valence-corrected chi connectivity index (χ4v) is 5.62. The first-order valence-electron chi connectivity index (χ1n) is 8.68. The predicted molar refractivity (Wildman–Crippen MR) is 107 cm³/mol. The minimum atomic E-state index is -3.37. The van der Waals surface area contributed by atoms with Crippen LogP contribution in [-0.4, -0.2) is 38.3 Å². The van der Waals surface area contributed by atoms with Gasteiger partial charge in [-0.05, 0) is 47.9 Å². The van der Waals surface area contributed by atoms with Crippen LogP contribution in [0.4, 0.5) is 5.69 Å². The summed E-state index contributed by atoms with van der Waals surface area (Å²) >= 11 is 1.25. The Morgan fingerprint density at radius 2 is 2.12 bits per heavy atom. The summed E-state index contributed by atoms with van der Waals surface area (Å²) in [7, 11) is -3.37. The Labute approximate surface area is 158 Å². The van der Waals surface area contributed by atoms with E-state index in [-0.39, 0.29) is 5.92 Å². The number of nitrogens with zero attached hydrogens (tertiary/aromatic N) is 2. The van der Waals surface area contributed by atoms with Crippen molar-refractivity contribution in [2.24, 2.45) is 16.6 Å². The largest absolute Gasteiger partial charge is 0.370 e. The zero-order valence-electron chi connectivity index (χ0n) is 14.8. The van der Waals surface area contributed by atoms with Gasteiger partial charge in [-0.25, -0.2) is 8.42 Å². The third-order valence-electron chi connectivity index (χ3n) is 4.49. The van der Waals surface area contributed by atoms with Gasteiger partial charge in [-0.3, -0.25) is 4.99 Å². The van der Waals surface area contributed by atoms with Crippen LogP contribution in [0.3, 0.4) is 0 Å². The van der Waals surface area contributed by atoms with Crippen LogP contribution in [0.5, 0.6) is 0 Å². The molecule has 1 fully saturated rings. The van der Waals surface area contributed by atoms with Crippen molar-refractivity contribution < 1.29 is 8.42 Å². The van der Waals surface area contributed by atoms with Crippen LogP contribution in [0.25, 0.3) is 0 Å². The summed E-state index contributed by atoms with van der Waals surface area (Å²) in [6, 6.07) is 11.5. The molecular formula is C18H24N4O2S2. The number of nitrogens with one attached hydrogen (secondary N) is 1. The van der Waals surface area contributed by atoms with E-state index in [9.17, 15) is 8.42 Å². The van der Waals surface area contributed by atoms with Gasteiger partial charge < -0.3 is 11.1 Å². The molecule has 2 heterocycles. The van der Waals surface area contributed by atoms with Gasteiger partial charge in [-0.15, -0.1) is 11.3 Å². The second kappa shape index (κ2) is 8.20. The summed E-state index contributed by atoms with van der Waals surface area (Å²) in [5, 5.41) is 4.86. The van der Waals surface area contributed by atoms with Gasteiger partial charge in [-0.1, -0.05) is 25.1 Å². The number of aliphatic imine (C=N–C) groups is 1. The summed E-state index contributed by atoms with van der Waals surface area (Å²) in [4.78, 5) is 4.39. The van der Waals surface area contributed by atoms with Crippen molar-refractivity contribution in [3.63, 3.8) is 0 Å². The van der Waals surface area contributed by atoms with Gasteiger partial charge in [0.1, 0.15) is 4.21 Å². The number of sulfonamides is 1.